The van der Waals surface area contributed by atoms with Gasteiger partial charge in [-0.1, -0.05) is 29.8 Å². The van der Waals surface area contributed by atoms with Crippen molar-refractivity contribution in [2.75, 3.05) is 38.2 Å². The summed E-state index contributed by atoms with van der Waals surface area (Å²) in [5.74, 6) is 0.240. The molecule has 1 aromatic carbocycles. The molecule has 1 aromatic heterocycles. The summed E-state index contributed by atoms with van der Waals surface area (Å²) in [5.41, 5.74) is 0.981. The Balaban J connectivity index is 1.44. The van der Waals surface area contributed by atoms with E-state index >= 15 is 0 Å². The molecule has 5 nitrogen and oxygen atoms in total. The van der Waals surface area contributed by atoms with Crippen LogP contribution in [0.1, 0.15) is 28.8 Å². The number of hydrogen-bond donors (Lipinski definition) is 1. The molecule has 1 amide bonds. The minimum absolute atomic E-state index is 0.0933. The summed E-state index contributed by atoms with van der Waals surface area (Å²) < 4.78 is 19.4. The third-order valence-corrected chi connectivity index (χ3v) is 5.57. The number of nitrogens with one attached hydrogen (secondary N) is 1. The van der Waals surface area contributed by atoms with Gasteiger partial charge in [-0.15, -0.1) is 0 Å². The van der Waals surface area contributed by atoms with Crippen LogP contribution < -0.4 is 5.32 Å². The van der Waals surface area contributed by atoms with Gasteiger partial charge < -0.3 is 15.0 Å². The molecule has 4 rings (SSSR count). The molecule has 1 aliphatic heterocycles. The van der Waals surface area contributed by atoms with Gasteiger partial charge in [-0.3, -0.25) is 4.79 Å². The lowest BCUT2D eigenvalue weighted by molar-refractivity contribution is 0.0302. The van der Waals surface area contributed by atoms with Crippen LogP contribution in [0.3, 0.4) is 0 Å². The molecular weight excluding hydrogens is 369 g/mol. The van der Waals surface area contributed by atoms with E-state index in [4.69, 9.17) is 16.3 Å². The van der Waals surface area contributed by atoms with E-state index in [-0.39, 0.29) is 17.1 Å². The van der Waals surface area contributed by atoms with Gasteiger partial charge >= 0.3 is 0 Å². The second-order valence-corrected chi connectivity index (χ2v) is 7.48. The predicted molar refractivity (Wildman–Crippen MR) is 102 cm³/mol. The number of anilines is 1. The Hall–Kier alpha value is -2.18. The van der Waals surface area contributed by atoms with E-state index in [2.05, 4.69) is 10.3 Å². The quantitative estimate of drug-likeness (QED) is 0.850. The first-order valence-electron chi connectivity index (χ1n) is 9.10. The van der Waals surface area contributed by atoms with Crippen LogP contribution in [0.5, 0.6) is 0 Å². The monoisotopic (exact) mass is 389 g/mol. The SMILES string of the molecule is O=C(c1cnc(NCC2(c3ccccc3F)CC2)c(Cl)c1)N1CCOCC1. The molecule has 0 atom stereocenters. The lowest BCUT2D eigenvalue weighted by Crippen LogP contribution is -2.40. The Labute approximate surface area is 162 Å². The molecule has 0 spiro atoms. The number of amides is 1. The Morgan fingerprint density at radius 2 is 2.04 bits per heavy atom. The second-order valence-electron chi connectivity index (χ2n) is 7.07. The van der Waals surface area contributed by atoms with Crippen LogP contribution in [0.25, 0.3) is 0 Å². The number of pyridine rings is 1. The summed E-state index contributed by atoms with van der Waals surface area (Å²) in [6.45, 7) is 2.79. The van der Waals surface area contributed by atoms with Crippen molar-refractivity contribution >= 4 is 23.3 Å². The van der Waals surface area contributed by atoms with E-state index < -0.39 is 0 Å². The average Bonchev–Trinajstić information content (AvgIpc) is 3.48. The van der Waals surface area contributed by atoms with Crippen molar-refractivity contribution in [2.45, 2.75) is 18.3 Å². The number of benzene rings is 1. The number of halogens is 2. The highest BCUT2D eigenvalue weighted by Gasteiger charge is 2.45. The molecular formula is C20H21ClFN3O2. The van der Waals surface area contributed by atoms with Gasteiger partial charge in [0.05, 0.1) is 23.8 Å². The number of carbonyl (C=O) groups excluding carboxylic acids is 1. The fourth-order valence-electron chi connectivity index (χ4n) is 3.47. The Bertz CT molecular complexity index is 851. The molecule has 2 aromatic rings. The molecule has 142 valence electrons. The highest BCUT2D eigenvalue weighted by molar-refractivity contribution is 6.33. The summed E-state index contributed by atoms with van der Waals surface area (Å²) in [7, 11) is 0. The smallest absolute Gasteiger partial charge is 0.255 e. The van der Waals surface area contributed by atoms with Crippen molar-refractivity contribution in [3.05, 3.63) is 58.5 Å². The first-order chi connectivity index (χ1) is 13.1. The largest absolute Gasteiger partial charge is 0.378 e. The number of hydrogen-bond acceptors (Lipinski definition) is 4. The van der Waals surface area contributed by atoms with Crippen LogP contribution in [0.15, 0.2) is 36.5 Å². The van der Waals surface area contributed by atoms with Crippen molar-refractivity contribution in [2.24, 2.45) is 0 Å². The van der Waals surface area contributed by atoms with Crippen molar-refractivity contribution in [3.63, 3.8) is 0 Å². The molecule has 1 aliphatic carbocycles. The van der Waals surface area contributed by atoms with Crippen LogP contribution >= 0.6 is 11.6 Å². The lowest BCUT2D eigenvalue weighted by atomic mass is 9.95. The third kappa shape index (κ3) is 3.77. The van der Waals surface area contributed by atoms with Gasteiger partial charge in [-0.2, -0.15) is 0 Å². The molecule has 0 radical (unpaired) electrons. The Kier molecular flexibility index (Phi) is 5.02. The third-order valence-electron chi connectivity index (χ3n) is 5.28. The van der Waals surface area contributed by atoms with Crippen LogP contribution in [-0.2, 0) is 10.2 Å². The zero-order valence-corrected chi connectivity index (χ0v) is 15.6. The minimum Gasteiger partial charge on any atom is -0.378 e. The van der Waals surface area contributed by atoms with Crippen LogP contribution in [0.4, 0.5) is 10.2 Å². The zero-order valence-electron chi connectivity index (χ0n) is 14.9. The van der Waals surface area contributed by atoms with Crippen LogP contribution in [-0.4, -0.2) is 48.6 Å². The molecule has 0 bridgehead atoms. The summed E-state index contributed by atoms with van der Waals surface area (Å²) in [6, 6.07) is 8.52. The van der Waals surface area contributed by atoms with Crippen molar-refractivity contribution in [1.82, 2.24) is 9.88 Å². The highest BCUT2D eigenvalue weighted by Crippen LogP contribution is 2.49. The van der Waals surface area contributed by atoms with E-state index in [1.807, 2.05) is 12.1 Å². The molecule has 2 fully saturated rings. The maximum atomic E-state index is 14.1. The van der Waals surface area contributed by atoms with Crippen LogP contribution in [0, 0.1) is 5.82 Å². The predicted octanol–water partition coefficient (Wildman–Crippen LogP) is 3.49. The van der Waals surface area contributed by atoms with Gasteiger partial charge in [-0.25, -0.2) is 9.37 Å². The van der Waals surface area contributed by atoms with Gasteiger partial charge in [0.2, 0.25) is 0 Å². The van der Waals surface area contributed by atoms with E-state index in [1.165, 1.54) is 12.3 Å². The molecule has 1 N–H and O–H groups in total. The minimum atomic E-state index is -0.210. The van der Waals surface area contributed by atoms with Gasteiger partial charge in [0.15, 0.2) is 0 Å². The zero-order chi connectivity index (χ0) is 18.9. The summed E-state index contributed by atoms with van der Waals surface area (Å²) in [6.07, 6.45) is 3.38. The van der Waals surface area contributed by atoms with E-state index in [0.717, 1.165) is 18.4 Å². The van der Waals surface area contributed by atoms with Gasteiger partial charge in [0, 0.05) is 31.2 Å². The summed E-state index contributed by atoms with van der Waals surface area (Å²) in [4.78, 5) is 18.6. The normalized spacial score (nSPS) is 18.2. The van der Waals surface area contributed by atoms with E-state index in [1.54, 1.807) is 17.0 Å². The number of ether oxygens (including phenoxy) is 1. The topological polar surface area (TPSA) is 54.5 Å². The van der Waals surface area contributed by atoms with Crippen LogP contribution in [0.2, 0.25) is 5.02 Å². The van der Waals surface area contributed by atoms with Crippen molar-refractivity contribution < 1.29 is 13.9 Å². The number of nitrogens with zero attached hydrogens (tertiary/aromatic N) is 2. The molecule has 1 saturated heterocycles. The number of rotatable bonds is 5. The average molecular weight is 390 g/mol. The highest BCUT2D eigenvalue weighted by atomic mass is 35.5. The molecule has 2 aliphatic rings. The second kappa shape index (κ2) is 7.44. The number of aromatic nitrogens is 1. The van der Waals surface area contributed by atoms with Crippen molar-refractivity contribution in [3.8, 4) is 0 Å². The Morgan fingerprint density at radius 1 is 1.30 bits per heavy atom. The van der Waals surface area contributed by atoms with Crippen molar-refractivity contribution in [1.29, 1.82) is 0 Å². The summed E-state index contributed by atoms with van der Waals surface area (Å²) in [5, 5.41) is 3.62. The standard InChI is InChI=1S/C20H21ClFN3O2/c21-16-11-14(19(26)25-7-9-27-10-8-25)12-23-18(16)24-13-20(5-6-20)15-3-1-2-4-17(15)22/h1-4,11-12H,5-10,13H2,(H,23,24). The molecule has 1 saturated carbocycles. The molecule has 27 heavy (non-hydrogen) atoms. The van der Waals surface area contributed by atoms with Gasteiger partial charge in [-0.05, 0) is 30.5 Å². The molecule has 0 unspecified atom stereocenters. The number of carbonyl (C=O) groups is 1. The first kappa shape index (κ1) is 18.2. The lowest BCUT2D eigenvalue weighted by Gasteiger charge is -2.27. The fourth-order valence-corrected chi connectivity index (χ4v) is 3.70. The molecule has 2 heterocycles. The van der Waals surface area contributed by atoms with Gasteiger partial charge in [0.25, 0.3) is 5.91 Å². The maximum Gasteiger partial charge on any atom is 0.255 e. The van der Waals surface area contributed by atoms with E-state index in [9.17, 15) is 9.18 Å². The number of morpholine rings is 1. The fraction of sp³-hybridized carbons (Fsp3) is 0.400. The van der Waals surface area contributed by atoms with Gasteiger partial charge in [0.1, 0.15) is 11.6 Å². The molecule has 7 heteroatoms. The maximum absolute atomic E-state index is 14.1. The summed E-state index contributed by atoms with van der Waals surface area (Å²) >= 11 is 6.34. The first-order valence-corrected chi connectivity index (χ1v) is 9.48. The Morgan fingerprint density at radius 3 is 2.70 bits per heavy atom. The van der Waals surface area contributed by atoms with E-state index in [0.29, 0.717) is 49.3 Å².